The Hall–Kier alpha value is -1.89. The predicted octanol–water partition coefficient (Wildman–Crippen LogP) is 1.74. The number of hydrogen-bond donors (Lipinski definition) is 1. The van der Waals surface area contributed by atoms with Gasteiger partial charge in [-0.05, 0) is 25.1 Å². The zero-order valence-corrected chi connectivity index (χ0v) is 13.6. The SMILES string of the molecule is COC(=O)c1ccc(OC2CCN([C@H](C)S)C2=O)c(OC)c1. The van der Waals surface area contributed by atoms with E-state index in [2.05, 4.69) is 17.4 Å². The fraction of sp³-hybridized carbons (Fsp3) is 0.467. The van der Waals surface area contributed by atoms with E-state index in [1.165, 1.54) is 20.3 Å². The highest BCUT2D eigenvalue weighted by atomic mass is 32.1. The standard InChI is InChI=1S/C15H19NO5S/c1-9(22)16-7-6-12(14(16)17)21-11-5-4-10(15(18)20-3)8-13(11)19-2/h4-5,8-9,12,22H,6-7H2,1-3H3/t9-,12?/m0/s1. The molecular weight excluding hydrogens is 306 g/mol. The van der Waals surface area contributed by atoms with Crippen molar-refractivity contribution in [2.75, 3.05) is 20.8 Å². The zero-order valence-electron chi connectivity index (χ0n) is 12.7. The van der Waals surface area contributed by atoms with E-state index in [-0.39, 0.29) is 11.3 Å². The van der Waals surface area contributed by atoms with Gasteiger partial charge in [0.05, 0.1) is 25.2 Å². The molecule has 0 aromatic heterocycles. The van der Waals surface area contributed by atoms with E-state index < -0.39 is 12.1 Å². The molecule has 0 N–H and O–H groups in total. The van der Waals surface area contributed by atoms with E-state index in [0.717, 1.165) is 0 Å². The van der Waals surface area contributed by atoms with Crippen LogP contribution in [0.5, 0.6) is 11.5 Å². The van der Waals surface area contributed by atoms with Crippen LogP contribution in [0.2, 0.25) is 0 Å². The highest BCUT2D eigenvalue weighted by Crippen LogP contribution is 2.31. The maximum atomic E-state index is 12.2. The van der Waals surface area contributed by atoms with Crippen LogP contribution in [-0.4, -0.2) is 49.0 Å². The average molecular weight is 325 g/mol. The highest BCUT2D eigenvalue weighted by molar-refractivity contribution is 7.80. The summed E-state index contributed by atoms with van der Waals surface area (Å²) in [5, 5.41) is -0.148. The normalized spacial score (nSPS) is 19.0. The first-order valence-corrected chi connectivity index (χ1v) is 7.41. The first-order valence-electron chi connectivity index (χ1n) is 6.89. The second kappa shape index (κ2) is 6.91. The van der Waals surface area contributed by atoms with Gasteiger partial charge in [-0.1, -0.05) is 0 Å². The number of thiol groups is 1. The first-order chi connectivity index (χ1) is 10.5. The molecule has 0 saturated carbocycles. The minimum absolute atomic E-state index is 0.0957. The summed E-state index contributed by atoms with van der Waals surface area (Å²) in [5.41, 5.74) is 0.357. The van der Waals surface area contributed by atoms with Gasteiger partial charge in [0.2, 0.25) is 0 Å². The number of methoxy groups -OCH3 is 2. The van der Waals surface area contributed by atoms with E-state index in [0.29, 0.717) is 30.0 Å². The molecule has 120 valence electrons. The molecule has 1 aliphatic rings. The number of ether oxygens (including phenoxy) is 3. The van der Waals surface area contributed by atoms with Crippen molar-refractivity contribution < 1.29 is 23.8 Å². The molecule has 2 atom stereocenters. The molecule has 1 aliphatic heterocycles. The quantitative estimate of drug-likeness (QED) is 0.660. The molecule has 1 unspecified atom stereocenters. The lowest BCUT2D eigenvalue weighted by molar-refractivity contribution is -0.133. The van der Waals surface area contributed by atoms with Crippen LogP contribution in [0.3, 0.4) is 0 Å². The number of hydrogen-bond acceptors (Lipinski definition) is 6. The molecule has 0 spiro atoms. The van der Waals surface area contributed by atoms with Crippen LogP contribution in [-0.2, 0) is 9.53 Å². The largest absolute Gasteiger partial charge is 0.493 e. The van der Waals surface area contributed by atoms with Gasteiger partial charge in [0.25, 0.3) is 5.91 Å². The molecule has 0 bridgehead atoms. The van der Waals surface area contributed by atoms with Crippen LogP contribution < -0.4 is 9.47 Å². The Labute approximate surface area is 134 Å². The summed E-state index contributed by atoms with van der Waals surface area (Å²) in [7, 11) is 2.78. The third-order valence-electron chi connectivity index (χ3n) is 3.50. The van der Waals surface area contributed by atoms with Gasteiger partial charge in [-0.3, -0.25) is 4.79 Å². The van der Waals surface area contributed by atoms with Crippen molar-refractivity contribution in [3.8, 4) is 11.5 Å². The lowest BCUT2D eigenvalue weighted by Gasteiger charge is -2.20. The number of amides is 1. The van der Waals surface area contributed by atoms with Gasteiger partial charge < -0.3 is 19.1 Å². The molecule has 6 nitrogen and oxygen atoms in total. The molecule has 1 amide bonds. The molecule has 0 aliphatic carbocycles. The van der Waals surface area contributed by atoms with Gasteiger partial charge in [0, 0.05) is 13.0 Å². The van der Waals surface area contributed by atoms with Gasteiger partial charge in [-0.25, -0.2) is 4.79 Å². The summed E-state index contributed by atoms with van der Waals surface area (Å²) in [5.74, 6) is 0.244. The number of rotatable bonds is 5. The van der Waals surface area contributed by atoms with Crippen molar-refractivity contribution in [2.45, 2.75) is 24.8 Å². The average Bonchev–Trinajstić information content (AvgIpc) is 2.88. The van der Waals surface area contributed by atoms with Crippen molar-refractivity contribution in [2.24, 2.45) is 0 Å². The second-order valence-corrected chi connectivity index (χ2v) is 5.66. The predicted molar refractivity (Wildman–Crippen MR) is 83.5 cm³/mol. The van der Waals surface area contributed by atoms with Gasteiger partial charge in [-0.15, -0.1) is 0 Å². The molecule has 1 heterocycles. The lowest BCUT2D eigenvalue weighted by atomic mass is 10.2. The molecule has 1 saturated heterocycles. The Kier molecular flexibility index (Phi) is 5.18. The molecule has 1 aromatic rings. The molecule has 1 fully saturated rings. The van der Waals surface area contributed by atoms with Crippen LogP contribution in [0.1, 0.15) is 23.7 Å². The fourth-order valence-electron chi connectivity index (χ4n) is 2.32. The monoisotopic (exact) mass is 325 g/mol. The maximum Gasteiger partial charge on any atom is 0.337 e. The van der Waals surface area contributed by atoms with Crippen LogP contribution in [0.15, 0.2) is 18.2 Å². The molecular formula is C15H19NO5S. The zero-order chi connectivity index (χ0) is 16.3. The third-order valence-corrected chi connectivity index (χ3v) is 3.77. The molecule has 1 aromatic carbocycles. The smallest absolute Gasteiger partial charge is 0.337 e. The summed E-state index contributed by atoms with van der Waals surface area (Å²) in [6.07, 6.45) is 0.0264. The van der Waals surface area contributed by atoms with Crippen molar-refractivity contribution in [3.63, 3.8) is 0 Å². The number of benzene rings is 1. The van der Waals surface area contributed by atoms with Crippen molar-refractivity contribution in [1.29, 1.82) is 0 Å². The molecule has 2 rings (SSSR count). The van der Waals surface area contributed by atoms with E-state index in [1.54, 1.807) is 17.0 Å². The van der Waals surface area contributed by atoms with Gasteiger partial charge in [0.1, 0.15) is 0 Å². The summed E-state index contributed by atoms with van der Waals surface area (Å²) < 4.78 is 15.6. The Morgan fingerprint density at radius 1 is 1.36 bits per heavy atom. The number of nitrogens with zero attached hydrogens (tertiary/aromatic N) is 1. The summed E-state index contributed by atoms with van der Waals surface area (Å²) in [4.78, 5) is 25.4. The Balaban J connectivity index is 2.16. The molecule has 22 heavy (non-hydrogen) atoms. The third kappa shape index (κ3) is 3.30. The Bertz CT molecular complexity index is 575. The van der Waals surface area contributed by atoms with Gasteiger partial charge >= 0.3 is 5.97 Å². The van der Waals surface area contributed by atoms with Gasteiger partial charge in [-0.2, -0.15) is 12.6 Å². The molecule has 0 radical (unpaired) electrons. The first kappa shape index (κ1) is 16.5. The number of carbonyl (C=O) groups excluding carboxylic acids is 2. The number of likely N-dealkylation sites (tertiary alicyclic amines) is 1. The highest BCUT2D eigenvalue weighted by Gasteiger charge is 2.35. The fourth-order valence-corrected chi connectivity index (χ4v) is 2.55. The topological polar surface area (TPSA) is 65.1 Å². The minimum atomic E-state index is -0.563. The van der Waals surface area contributed by atoms with E-state index in [1.807, 2.05) is 6.92 Å². The number of carbonyl (C=O) groups is 2. The Morgan fingerprint density at radius 2 is 2.09 bits per heavy atom. The molecule has 7 heteroatoms. The second-order valence-electron chi connectivity index (χ2n) is 4.92. The van der Waals surface area contributed by atoms with Crippen LogP contribution in [0.25, 0.3) is 0 Å². The lowest BCUT2D eigenvalue weighted by Crippen LogP contribution is -2.35. The van der Waals surface area contributed by atoms with Crippen LogP contribution in [0, 0.1) is 0 Å². The summed E-state index contributed by atoms with van der Waals surface area (Å²) >= 11 is 4.28. The van der Waals surface area contributed by atoms with Crippen molar-refractivity contribution >= 4 is 24.5 Å². The van der Waals surface area contributed by atoms with Gasteiger partial charge in [0.15, 0.2) is 17.6 Å². The van der Waals surface area contributed by atoms with E-state index in [4.69, 9.17) is 9.47 Å². The van der Waals surface area contributed by atoms with Crippen molar-refractivity contribution in [1.82, 2.24) is 4.90 Å². The Morgan fingerprint density at radius 3 is 2.64 bits per heavy atom. The van der Waals surface area contributed by atoms with Crippen LogP contribution >= 0.6 is 12.6 Å². The van der Waals surface area contributed by atoms with E-state index >= 15 is 0 Å². The maximum absolute atomic E-state index is 12.2. The number of esters is 1. The minimum Gasteiger partial charge on any atom is -0.493 e. The summed E-state index contributed by atoms with van der Waals surface area (Å²) in [6.45, 7) is 2.45. The van der Waals surface area contributed by atoms with Crippen LogP contribution in [0.4, 0.5) is 0 Å². The van der Waals surface area contributed by atoms with Crippen molar-refractivity contribution in [3.05, 3.63) is 23.8 Å². The summed E-state index contributed by atoms with van der Waals surface area (Å²) in [6, 6.07) is 4.70. The van der Waals surface area contributed by atoms with E-state index in [9.17, 15) is 9.59 Å².